The molecule has 174 valence electrons. The van der Waals surface area contributed by atoms with E-state index in [1.165, 1.54) is 18.1 Å². The first kappa shape index (κ1) is 22.7. The van der Waals surface area contributed by atoms with Gasteiger partial charge in [0.2, 0.25) is 0 Å². The number of aliphatic hydroxyl groups is 1. The molecule has 2 unspecified atom stereocenters. The topological polar surface area (TPSA) is 99.5 Å². The van der Waals surface area contributed by atoms with E-state index in [1.807, 2.05) is 25.9 Å². The Morgan fingerprint density at radius 2 is 1.97 bits per heavy atom. The fourth-order valence-corrected chi connectivity index (χ4v) is 4.37. The van der Waals surface area contributed by atoms with Crippen molar-refractivity contribution in [2.45, 2.75) is 25.5 Å². The highest BCUT2D eigenvalue weighted by Crippen LogP contribution is 2.42. The Hall–Kier alpha value is -3.52. The lowest BCUT2D eigenvalue weighted by Gasteiger charge is -2.27. The zero-order valence-electron chi connectivity index (χ0n) is 19.2. The van der Waals surface area contributed by atoms with E-state index in [0.717, 1.165) is 11.3 Å². The molecule has 33 heavy (non-hydrogen) atoms. The summed E-state index contributed by atoms with van der Waals surface area (Å²) in [6.45, 7) is 2.77. The van der Waals surface area contributed by atoms with Crippen LogP contribution in [0.4, 0.5) is 0 Å². The van der Waals surface area contributed by atoms with Crippen LogP contribution in [0.2, 0.25) is 0 Å². The maximum absolute atomic E-state index is 13.1. The van der Waals surface area contributed by atoms with Gasteiger partial charge in [0.15, 0.2) is 11.5 Å². The van der Waals surface area contributed by atoms with Gasteiger partial charge in [-0.2, -0.15) is 0 Å². The van der Waals surface area contributed by atoms with Gasteiger partial charge in [-0.1, -0.05) is 6.07 Å². The summed E-state index contributed by atoms with van der Waals surface area (Å²) in [6, 6.07) is 9.12. The monoisotopic (exact) mass is 452 g/mol. The molecule has 2 N–H and O–H groups in total. The van der Waals surface area contributed by atoms with Gasteiger partial charge < -0.3 is 29.5 Å². The van der Waals surface area contributed by atoms with Crippen molar-refractivity contribution in [1.29, 1.82) is 0 Å². The second-order valence-electron chi connectivity index (χ2n) is 8.68. The van der Waals surface area contributed by atoms with Gasteiger partial charge in [-0.3, -0.25) is 9.59 Å². The van der Waals surface area contributed by atoms with Crippen molar-refractivity contribution in [1.82, 2.24) is 9.80 Å². The van der Waals surface area contributed by atoms with E-state index >= 15 is 0 Å². The fraction of sp³-hybridized carbons (Fsp3) is 0.360. The van der Waals surface area contributed by atoms with Gasteiger partial charge >= 0.3 is 0 Å². The number of nitrogens with zero attached hydrogens (tertiary/aromatic N) is 2. The molecular weight excluding hydrogens is 424 g/mol. The van der Waals surface area contributed by atoms with E-state index < -0.39 is 17.7 Å². The number of amides is 1. The number of fused-ring (bicyclic) bond motifs is 1. The summed E-state index contributed by atoms with van der Waals surface area (Å²) in [5, 5.41) is 21.6. The lowest BCUT2D eigenvalue weighted by Crippen LogP contribution is -2.35. The number of carbonyl (C=O) groups excluding carboxylic acids is 2. The lowest BCUT2D eigenvalue weighted by molar-refractivity contribution is -0.140. The molecule has 0 radical (unpaired) electrons. The van der Waals surface area contributed by atoms with Crippen molar-refractivity contribution in [2.24, 2.45) is 0 Å². The Kier molecular flexibility index (Phi) is 6.03. The van der Waals surface area contributed by atoms with Crippen molar-refractivity contribution in [3.63, 3.8) is 0 Å². The van der Waals surface area contributed by atoms with Crippen LogP contribution in [0.1, 0.15) is 29.7 Å². The van der Waals surface area contributed by atoms with Crippen LogP contribution in [-0.2, 0) is 16.0 Å². The van der Waals surface area contributed by atoms with Crippen LogP contribution in [0.25, 0.3) is 5.76 Å². The quantitative estimate of drug-likeness (QED) is 0.395. The molecule has 0 aromatic heterocycles. The second kappa shape index (κ2) is 8.78. The van der Waals surface area contributed by atoms with Gasteiger partial charge in [-0.05, 0) is 62.5 Å². The van der Waals surface area contributed by atoms with Crippen LogP contribution in [-0.4, -0.2) is 72.1 Å². The number of likely N-dealkylation sites (N-methyl/N-ethyl adjacent to an activating group) is 1. The average molecular weight is 453 g/mol. The number of aliphatic hydroxyl groups excluding tert-OH is 1. The largest absolute Gasteiger partial charge is 0.507 e. The van der Waals surface area contributed by atoms with E-state index in [-0.39, 0.29) is 35.5 Å². The normalized spacial score (nSPS) is 21.4. The predicted octanol–water partition coefficient (Wildman–Crippen LogP) is 2.71. The number of likely N-dealkylation sites (tertiary alicyclic amines) is 1. The molecule has 1 amide bonds. The molecule has 0 bridgehead atoms. The van der Waals surface area contributed by atoms with Gasteiger partial charge in [-0.15, -0.1) is 0 Å². The smallest absolute Gasteiger partial charge is 0.295 e. The molecule has 2 aliphatic rings. The molecule has 0 spiro atoms. The molecular formula is C25H28N2O6. The Morgan fingerprint density at radius 1 is 1.21 bits per heavy atom. The van der Waals surface area contributed by atoms with Crippen LogP contribution in [0.5, 0.6) is 17.2 Å². The van der Waals surface area contributed by atoms with E-state index in [2.05, 4.69) is 0 Å². The Labute approximate surface area is 192 Å². The summed E-state index contributed by atoms with van der Waals surface area (Å²) in [5.41, 5.74) is 1.88. The van der Waals surface area contributed by atoms with E-state index in [4.69, 9.17) is 9.47 Å². The summed E-state index contributed by atoms with van der Waals surface area (Å²) in [4.78, 5) is 29.5. The van der Waals surface area contributed by atoms with Crippen LogP contribution in [0, 0.1) is 0 Å². The van der Waals surface area contributed by atoms with Crippen molar-refractivity contribution in [2.75, 3.05) is 34.3 Å². The zero-order chi connectivity index (χ0) is 23.9. The molecule has 4 rings (SSSR count). The highest BCUT2D eigenvalue weighted by molar-refractivity contribution is 6.46. The molecule has 1 fully saturated rings. The van der Waals surface area contributed by atoms with Crippen LogP contribution in [0.15, 0.2) is 42.0 Å². The third-order valence-corrected chi connectivity index (χ3v) is 6.02. The maximum atomic E-state index is 13.1. The molecule has 8 nitrogen and oxygen atoms in total. The van der Waals surface area contributed by atoms with Gasteiger partial charge in [0, 0.05) is 25.1 Å². The van der Waals surface area contributed by atoms with Gasteiger partial charge in [0.05, 0.1) is 18.7 Å². The number of benzene rings is 2. The zero-order valence-corrected chi connectivity index (χ0v) is 19.2. The second-order valence-corrected chi connectivity index (χ2v) is 8.68. The first-order chi connectivity index (χ1) is 15.7. The maximum Gasteiger partial charge on any atom is 0.295 e. The number of aromatic hydroxyl groups is 1. The van der Waals surface area contributed by atoms with Crippen LogP contribution >= 0.6 is 0 Å². The number of phenols is 1. The number of phenolic OH excluding ortho intramolecular Hbond substituents is 1. The molecule has 2 aromatic rings. The molecule has 1 saturated heterocycles. The number of hydrogen-bond acceptors (Lipinski definition) is 7. The minimum absolute atomic E-state index is 0.00441. The predicted molar refractivity (Wildman–Crippen MR) is 122 cm³/mol. The van der Waals surface area contributed by atoms with E-state index in [9.17, 15) is 19.8 Å². The first-order valence-electron chi connectivity index (χ1n) is 10.8. The third-order valence-electron chi connectivity index (χ3n) is 6.02. The van der Waals surface area contributed by atoms with E-state index in [0.29, 0.717) is 24.1 Å². The Bertz CT molecular complexity index is 1140. The SMILES string of the molecule is COc1ccc(C2/C(=C(/O)c3ccc4c(c3)CC(C)O4)C(=O)C(=O)N2CCN(C)C)cc1O. The summed E-state index contributed by atoms with van der Waals surface area (Å²) in [7, 11) is 5.19. The molecule has 8 heteroatoms. The van der Waals surface area contributed by atoms with Crippen molar-refractivity contribution in [3.8, 4) is 17.2 Å². The fourth-order valence-electron chi connectivity index (χ4n) is 4.37. The Morgan fingerprint density at radius 3 is 2.64 bits per heavy atom. The minimum atomic E-state index is -0.842. The summed E-state index contributed by atoms with van der Waals surface area (Å²) < 4.78 is 10.9. The molecule has 2 atom stereocenters. The molecule has 2 heterocycles. The standard InChI is InChI=1S/C25H28N2O6/c1-14-11-17-12-16(6-7-19(17)33-14)23(29)21-22(15-5-8-20(32-4)18(28)13-15)27(10-9-26(2)3)25(31)24(21)30/h5-8,12-14,22,28-29H,9-11H2,1-4H3/b23-21-. The highest BCUT2D eigenvalue weighted by atomic mass is 16.5. The molecule has 2 aliphatic heterocycles. The molecule has 0 aliphatic carbocycles. The highest BCUT2D eigenvalue weighted by Gasteiger charge is 2.46. The number of ether oxygens (including phenoxy) is 2. The average Bonchev–Trinajstić information content (AvgIpc) is 3.27. The van der Waals surface area contributed by atoms with Gasteiger partial charge in [0.1, 0.15) is 17.6 Å². The third kappa shape index (κ3) is 4.14. The summed E-state index contributed by atoms with van der Waals surface area (Å²) >= 11 is 0. The van der Waals surface area contributed by atoms with Gasteiger partial charge in [-0.25, -0.2) is 0 Å². The van der Waals surface area contributed by atoms with Gasteiger partial charge in [0.25, 0.3) is 11.7 Å². The molecule has 2 aromatic carbocycles. The number of Topliss-reactive ketones (excluding diaryl/α,β-unsaturated/α-hetero) is 1. The van der Waals surface area contributed by atoms with Crippen LogP contribution in [0.3, 0.4) is 0 Å². The van der Waals surface area contributed by atoms with Crippen molar-refractivity contribution < 1.29 is 29.3 Å². The number of ketones is 1. The molecule has 0 saturated carbocycles. The Balaban J connectivity index is 1.83. The van der Waals surface area contributed by atoms with E-state index in [1.54, 1.807) is 30.3 Å². The number of hydrogen-bond donors (Lipinski definition) is 2. The first-order valence-corrected chi connectivity index (χ1v) is 10.8. The lowest BCUT2D eigenvalue weighted by atomic mass is 9.94. The van der Waals surface area contributed by atoms with Crippen LogP contribution < -0.4 is 9.47 Å². The summed E-state index contributed by atoms with van der Waals surface area (Å²) in [5.74, 6) is -0.771. The number of methoxy groups -OCH3 is 1. The summed E-state index contributed by atoms with van der Waals surface area (Å²) in [6.07, 6.45) is 0.736. The van der Waals surface area contributed by atoms with Crippen molar-refractivity contribution in [3.05, 3.63) is 58.7 Å². The van der Waals surface area contributed by atoms with Crippen molar-refractivity contribution >= 4 is 17.4 Å². The number of rotatable bonds is 6. The number of carbonyl (C=O) groups is 2. The minimum Gasteiger partial charge on any atom is -0.507 e.